The largest absolute Gasteiger partial charge is 0.508 e. The normalized spacial score (nSPS) is 12.0. The van der Waals surface area contributed by atoms with E-state index in [1.807, 2.05) is 30.3 Å². The second-order valence-electron chi connectivity index (χ2n) is 6.71. The number of aromatic hydroxyl groups is 1. The Labute approximate surface area is 148 Å². The molecule has 0 spiro atoms. The van der Waals surface area contributed by atoms with Crippen LogP contribution in [0.4, 0.5) is 0 Å². The van der Waals surface area contributed by atoms with Gasteiger partial charge in [0.05, 0.1) is 9.79 Å². The molecule has 0 amide bonds. The van der Waals surface area contributed by atoms with Crippen molar-refractivity contribution in [2.75, 3.05) is 0 Å². The lowest BCUT2D eigenvalue weighted by Crippen LogP contribution is -2.07. The highest BCUT2D eigenvalue weighted by Crippen LogP contribution is 2.32. The Bertz CT molecular complexity index is 999. The molecule has 25 heavy (non-hydrogen) atoms. The van der Waals surface area contributed by atoms with E-state index in [2.05, 4.69) is 13.8 Å². The molecular formula is C21H22O3S. The Hall–Kier alpha value is -2.33. The van der Waals surface area contributed by atoms with Gasteiger partial charge >= 0.3 is 0 Å². The average Bonchev–Trinajstić information content (AvgIpc) is 2.59. The lowest BCUT2D eigenvalue weighted by Gasteiger charge is -2.14. The molecule has 0 aliphatic heterocycles. The van der Waals surface area contributed by atoms with Crippen LogP contribution in [0.5, 0.6) is 5.75 Å². The predicted molar refractivity (Wildman–Crippen MR) is 101 cm³/mol. The van der Waals surface area contributed by atoms with Crippen molar-refractivity contribution in [2.24, 2.45) is 5.92 Å². The number of hydrogen-bond acceptors (Lipinski definition) is 3. The minimum Gasteiger partial charge on any atom is -0.508 e. The van der Waals surface area contributed by atoms with Crippen LogP contribution in [-0.4, -0.2) is 13.5 Å². The van der Waals surface area contributed by atoms with Crippen molar-refractivity contribution in [3.63, 3.8) is 0 Å². The first-order valence-electron chi connectivity index (χ1n) is 8.44. The van der Waals surface area contributed by atoms with Crippen molar-refractivity contribution >= 4 is 20.6 Å². The molecule has 130 valence electrons. The minimum absolute atomic E-state index is 0.0932. The summed E-state index contributed by atoms with van der Waals surface area (Å²) in [6, 6.07) is 17.3. The number of rotatable bonds is 5. The summed E-state index contributed by atoms with van der Waals surface area (Å²) < 4.78 is 26.7. The molecule has 3 aromatic carbocycles. The zero-order valence-corrected chi connectivity index (χ0v) is 15.3. The summed E-state index contributed by atoms with van der Waals surface area (Å²) >= 11 is 0. The summed E-state index contributed by atoms with van der Waals surface area (Å²) in [5.41, 5.74) is 0.668. The highest BCUT2D eigenvalue weighted by atomic mass is 32.2. The van der Waals surface area contributed by atoms with Crippen LogP contribution in [0.2, 0.25) is 0 Å². The van der Waals surface area contributed by atoms with E-state index in [0.29, 0.717) is 28.2 Å². The van der Waals surface area contributed by atoms with Crippen LogP contribution in [0.15, 0.2) is 70.5 Å². The van der Waals surface area contributed by atoms with E-state index in [1.54, 1.807) is 18.2 Å². The van der Waals surface area contributed by atoms with Crippen LogP contribution < -0.4 is 0 Å². The molecule has 0 unspecified atom stereocenters. The van der Waals surface area contributed by atoms with E-state index in [-0.39, 0.29) is 10.6 Å². The maximum Gasteiger partial charge on any atom is 0.207 e. The lowest BCUT2D eigenvalue weighted by molar-refractivity contribution is 0.473. The van der Waals surface area contributed by atoms with Crippen LogP contribution in [0.3, 0.4) is 0 Å². The number of phenolic OH excluding ortho intramolecular Hbond substituents is 1. The Morgan fingerprint density at radius 1 is 0.920 bits per heavy atom. The van der Waals surface area contributed by atoms with Crippen molar-refractivity contribution in [3.05, 3.63) is 66.2 Å². The molecule has 0 aliphatic rings. The summed E-state index contributed by atoms with van der Waals surface area (Å²) in [7, 11) is -3.67. The summed E-state index contributed by atoms with van der Waals surface area (Å²) in [6.45, 7) is 4.20. The SMILES string of the molecule is CC(C)CCc1cc(O)ccc1S(=O)(=O)c1cccc2ccccc12. The van der Waals surface area contributed by atoms with Gasteiger partial charge in [0.25, 0.3) is 0 Å². The smallest absolute Gasteiger partial charge is 0.207 e. The molecule has 3 rings (SSSR count). The van der Waals surface area contributed by atoms with Crippen LogP contribution in [-0.2, 0) is 16.3 Å². The zero-order valence-electron chi connectivity index (χ0n) is 14.4. The summed E-state index contributed by atoms with van der Waals surface area (Å²) in [4.78, 5) is 0.587. The summed E-state index contributed by atoms with van der Waals surface area (Å²) in [5, 5.41) is 11.4. The second-order valence-corrected chi connectivity index (χ2v) is 8.59. The highest BCUT2D eigenvalue weighted by Gasteiger charge is 2.23. The molecular weight excluding hydrogens is 332 g/mol. The van der Waals surface area contributed by atoms with E-state index in [1.165, 1.54) is 12.1 Å². The minimum atomic E-state index is -3.67. The van der Waals surface area contributed by atoms with E-state index >= 15 is 0 Å². The molecule has 0 atom stereocenters. The van der Waals surface area contributed by atoms with Crippen LogP contribution in [0.1, 0.15) is 25.8 Å². The molecule has 3 nitrogen and oxygen atoms in total. The molecule has 1 N–H and O–H groups in total. The number of fused-ring (bicyclic) bond motifs is 1. The Kier molecular flexibility index (Phi) is 4.82. The third-order valence-electron chi connectivity index (χ3n) is 4.36. The first-order valence-corrected chi connectivity index (χ1v) is 9.92. The maximum absolute atomic E-state index is 13.3. The molecule has 0 bridgehead atoms. The van der Waals surface area contributed by atoms with Gasteiger partial charge < -0.3 is 5.11 Å². The molecule has 0 heterocycles. The van der Waals surface area contributed by atoms with Crippen molar-refractivity contribution in [1.82, 2.24) is 0 Å². The van der Waals surface area contributed by atoms with Gasteiger partial charge in [0.2, 0.25) is 9.84 Å². The number of aryl methyl sites for hydroxylation is 1. The van der Waals surface area contributed by atoms with Gasteiger partial charge in [0, 0.05) is 5.39 Å². The number of phenols is 1. The van der Waals surface area contributed by atoms with Gasteiger partial charge in [-0.2, -0.15) is 0 Å². The van der Waals surface area contributed by atoms with Gasteiger partial charge in [-0.3, -0.25) is 0 Å². The topological polar surface area (TPSA) is 54.4 Å². The first kappa shape index (κ1) is 17.5. The van der Waals surface area contributed by atoms with Crippen molar-refractivity contribution in [3.8, 4) is 5.75 Å². The molecule has 0 aromatic heterocycles. The van der Waals surface area contributed by atoms with Crippen molar-refractivity contribution < 1.29 is 13.5 Å². The van der Waals surface area contributed by atoms with Gasteiger partial charge in [-0.15, -0.1) is 0 Å². The van der Waals surface area contributed by atoms with E-state index in [9.17, 15) is 13.5 Å². The number of hydrogen-bond donors (Lipinski definition) is 1. The number of sulfone groups is 1. The monoisotopic (exact) mass is 354 g/mol. The summed E-state index contributed by atoms with van der Waals surface area (Å²) in [5.74, 6) is 0.547. The molecule has 0 saturated carbocycles. The number of benzene rings is 3. The fraction of sp³-hybridized carbons (Fsp3) is 0.238. The second kappa shape index (κ2) is 6.89. The first-order chi connectivity index (χ1) is 11.9. The fourth-order valence-electron chi connectivity index (χ4n) is 3.02. The Morgan fingerprint density at radius 2 is 1.64 bits per heavy atom. The molecule has 3 aromatic rings. The maximum atomic E-state index is 13.3. The van der Waals surface area contributed by atoms with Crippen LogP contribution >= 0.6 is 0 Å². The molecule has 0 aliphatic carbocycles. The van der Waals surface area contributed by atoms with Gasteiger partial charge in [0.1, 0.15) is 5.75 Å². The van der Waals surface area contributed by atoms with Crippen molar-refractivity contribution in [1.29, 1.82) is 0 Å². The zero-order chi connectivity index (χ0) is 18.0. The van der Waals surface area contributed by atoms with Crippen LogP contribution in [0, 0.1) is 5.92 Å². The Morgan fingerprint density at radius 3 is 2.40 bits per heavy atom. The Balaban J connectivity index is 2.17. The third-order valence-corrected chi connectivity index (χ3v) is 6.28. The summed E-state index contributed by atoms with van der Waals surface area (Å²) in [6.07, 6.45) is 1.48. The average molecular weight is 354 g/mol. The fourth-order valence-corrected chi connectivity index (χ4v) is 4.74. The molecule has 0 saturated heterocycles. The standard InChI is InChI=1S/C21H22O3S/c1-15(2)10-11-17-14-18(22)12-13-20(17)25(23,24)21-9-5-7-16-6-3-4-8-19(16)21/h3-9,12-15,22H,10-11H2,1-2H3. The van der Waals surface area contributed by atoms with E-state index in [0.717, 1.165) is 11.8 Å². The van der Waals surface area contributed by atoms with Crippen LogP contribution in [0.25, 0.3) is 10.8 Å². The van der Waals surface area contributed by atoms with Gasteiger partial charge in [-0.05, 0) is 54.0 Å². The van der Waals surface area contributed by atoms with E-state index < -0.39 is 9.84 Å². The third kappa shape index (κ3) is 3.54. The quantitative estimate of drug-likeness (QED) is 0.704. The van der Waals surface area contributed by atoms with E-state index in [4.69, 9.17) is 0 Å². The molecule has 0 fully saturated rings. The lowest BCUT2D eigenvalue weighted by atomic mass is 10.0. The molecule has 4 heteroatoms. The molecule has 0 radical (unpaired) electrons. The van der Waals surface area contributed by atoms with Crippen molar-refractivity contribution in [2.45, 2.75) is 36.5 Å². The van der Waals surface area contributed by atoms with Gasteiger partial charge in [-0.25, -0.2) is 8.42 Å². The van der Waals surface area contributed by atoms with Gasteiger partial charge in [0.15, 0.2) is 0 Å². The highest BCUT2D eigenvalue weighted by molar-refractivity contribution is 7.91. The van der Waals surface area contributed by atoms with Gasteiger partial charge in [-0.1, -0.05) is 50.2 Å². The predicted octanol–water partition coefficient (Wildman–Crippen LogP) is 4.97.